The van der Waals surface area contributed by atoms with Crippen LogP contribution in [0.2, 0.25) is 0 Å². The monoisotopic (exact) mass is 353 g/mol. The zero-order valence-corrected chi connectivity index (χ0v) is 14.8. The minimum Gasteiger partial charge on any atom is -0.506 e. The van der Waals surface area contributed by atoms with Gasteiger partial charge >= 0.3 is 0 Å². The van der Waals surface area contributed by atoms with Gasteiger partial charge in [-0.1, -0.05) is 0 Å². The highest BCUT2D eigenvalue weighted by atomic mass is 16.5. The van der Waals surface area contributed by atoms with Crippen LogP contribution in [0.25, 0.3) is 0 Å². The lowest BCUT2D eigenvalue weighted by Gasteiger charge is -2.19. The van der Waals surface area contributed by atoms with Crippen LogP contribution in [0.5, 0.6) is 11.5 Å². The molecule has 1 aliphatic carbocycles. The summed E-state index contributed by atoms with van der Waals surface area (Å²) in [4.78, 5) is 22.9. The molecule has 2 fully saturated rings. The molecule has 1 N–H and O–H groups in total. The largest absolute Gasteiger partial charge is 0.506 e. The number of Topliss-reactive ketones (excluding diaryl/α,β-unsaturated/α-hetero) is 1. The average molecular weight is 353 g/mol. The van der Waals surface area contributed by atoms with Crippen LogP contribution in [0.4, 0.5) is 0 Å². The summed E-state index contributed by atoms with van der Waals surface area (Å²) >= 11 is 0. The predicted octanol–water partition coefficient (Wildman–Crippen LogP) is 2.46. The molecule has 2 aromatic rings. The maximum atomic E-state index is 12.3. The molecule has 0 aromatic carbocycles. The highest BCUT2D eigenvalue weighted by molar-refractivity contribution is 5.95. The molecule has 136 valence electrons. The van der Waals surface area contributed by atoms with Crippen molar-refractivity contribution >= 4 is 5.78 Å². The van der Waals surface area contributed by atoms with Crippen molar-refractivity contribution < 1.29 is 14.6 Å². The Balaban J connectivity index is 1.28. The maximum absolute atomic E-state index is 12.3. The van der Waals surface area contributed by atoms with Crippen molar-refractivity contribution in [2.75, 3.05) is 19.6 Å². The van der Waals surface area contributed by atoms with Crippen LogP contribution in [0, 0.1) is 18.8 Å². The number of aryl methyl sites for hydroxylation is 1. The van der Waals surface area contributed by atoms with Gasteiger partial charge in [0.25, 0.3) is 0 Å². The van der Waals surface area contributed by atoms with Crippen molar-refractivity contribution in [3.05, 3.63) is 48.0 Å². The summed E-state index contributed by atoms with van der Waals surface area (Å²) < 4.78 is 6.08. The fourth-order valence-electron chi connectivity index (χ4n) is 4.12. The zero-order valence-electron chi connectivity index (χ0n) is 14.8. The van der Waals surface area contributed by atoms with Gasteiger partial charge in [0.05, 0.1) is 25.0 Å². The summed E-state index contributed by atoms with van der Waals surface area (Å²) in [5.74, 6) is 2.08. The van der Waals surface area contributed by atoms with Gasteiger partial charge in [-0.25, -0.2) is 4.98 Å². The van der Waals surface area contributed by atoms with E-state index >= 15 is 0 Å². The molecule has 2 aliphatic rings. The molecule has 1 saturated heterocycles. The standard InChI is InChI=1S/C20H23N3O3/c1-13-2-4-17(9-21-13)26-18-6-14-10-23(11-15(14)7-18)12-20(25)19-5-3-16(24)8-22-19/h2-5,8-9,14-15,18,24H,6-7,10-12H2,1H3/t14-,15+,18+. The van der Waals surface area contributed by atoms with Crippen LogP contribution in [0.1, 0.15) is 29.0 Å². The highest BCUT2D eigenvalue weighted by Crippen LogP contribution is 2.39. The topological polar surface area (TPSA) is 75.5 Å². The second-order valence-corrected chi connectivity index (χ2v) is 7.39. The van der Waals surface area contributed by atoms with E-state index in [1.165, 1.54) is 12.3 Å². The molecule has 1 aliphatic heterocycles. The number of aromatic hydroxyl groups is 1. The van der Waals surface area contributed by atoms with Gasteiger partial charge in [-0.2, -0.15) is 0 Å². The third kappa shape index (κ3) is 3.70. The lowest BCUT2D eigenvalue weighted by atomic mass is 10.0. The van der Waals surface area contributed by atoms with E-state index < -0.39 is 0 Å². The fourth-order valence-corrected chi connectivity index (χ4v) is 4.12. The van der Waals surface area contributed by atoms with Crippen molar-refractivity contribution in [3.8, 4) is 11.5 Å². The van der Waals surface area contributed by atoms with Crippen LogP contribution in [0.15, 0.2) is 36.7 Å². The van der Waals surface area contributed by atoms with Crippen molar-refractivity contribution in [1.82, 2.24) is 14.9 Å². The van der Waals surface area contributed by atoms with Crippen molar-refractivity contribution in [2.45, 2.75) is 25.9 Å². The summed E-state index contributed by atoms with van der Waals surface area (Å²) in [5.41, 5.74) is 1.40. The number of ether oxygens (including phenoxy) is 1. The minimum absolute atomic E-state index is 0.00324. The molecule has 3 heterocycles. The van der Waals surface area contributed by atoms with Gasteiger partial charge in [0, 0.05) is 18.8 Å². The molecule has 6 heteroatoms. The van der Waals surface area contributed by atoms with Gasteiger partial charge in [0.15, 0.2) is 5.78 Å². The summed E-state index contributed by atoms with van der Waals surface area (Å²) in [6, 6.07) is 7.02. The van der Waals surface area contributed by atoms with Crippen molar-refractivity contribution in [3.63, 3.8) is 0 Å². The Labute approximate surface area is 152 Å². The number of rotatable bonds is 5. The molecule has 0 spiro atoms. The average Bonchev–Trinajstić information content (AvgIpc) is 3.15. The van der Waals surface area contributed by atoms with Crippen LogP contribution in [-0.4, -0.2) is 51.5 Å². The number of hydrogen-bond donors (Lipinski definition) is 1. The zero-order chi connectivity index (χ0) is 18.1. The van der Waals surface area contributed by atoms with Gasteiger partial charge in [-0.05, 0) is 55.9 Å². The second kappa shape index (κ2) is 7.03. The van der Waals surface area contributed by atoms with Crippen LogP contribution in [0.3, 0.4) is 0 Å². The predicted molar refractivity (Wildman–Crippen MR) is 96.3 cm³/mol. The van der Waals surface area contributed by atoms with Gasteiger partial charge in [0.2, 0.25) is 0 Å². The Kier molecular flexibility index (Phi) is 4.59. The Morgan fingerprint density at radius 3 is 2.54 bits per heavy atom. The number of likely N-dealkylation sites (tertiary alicyclic amines) is 1. The lowest BCUT2D eigenvalue weighted by molar-refractivity contribution is 0.0931. The van der Waals surface area contributed by atoms with Crippen molar-refractivity contribution in [2.24, 2.45) is 11.8 Å². The van der Waals surface area contributed by atoms with Gasteiger partial charge in [-0.15, -0.1) is 0 Å². The number of carbonyl (C=O) groups excluding carboxylic acids is 1. The first kappa shape index (κ1) is 17.0. The summed E-state index contributed by atoms with van der Waals surface area (Å²) in [6.45, 7) is 4.21. The Morgan fingerprint density at radius 1 is 1.15 bits per heavy atom. The Hall–Kier alpha value is -2.47. The van der Waals surface area contributed by atoms with Crippen molar-refractivity contribution in [1.29, 1.82) is 0 Å². The van der Waals surface area contributed by atoms with E-state index in [9.17, 15) is 9.90 Å². The minimum atomic E-state index is 0.00324. The molecule has 4 rings (SSSR count). The van der Waals surface area contributed by atoms with E-state index in [1.54, 1.807) is 12.3 Å². The maximum Gasteiger partial charge on any atom is 0.195 e. The molecule has 0 amide bonds. The number of carbonyl (C=O) groups is 1. The van der Waals surface area contributed by atoms with Crippen LogP contribution in [-0.2, 0) is 0 Å². The van der Waals surface area contributed by atoms with Crippen LogP contribution < -0.4 is 4.74 Å². The van der Waals surface area contributed by atoms with Crippen LogP contribution >= 0.6 is 0 Å². The lowest BCUT2D eigenvalue weighted by Crippen LogP contribution is -2.30. The first-order valence-electron chi connectivity index (χ1n) is 9.06. The molecule has 0 bridgehead atoms. The number of nitrogens with zero attached hydrogens (tertiary/aromatic N) is 3. The van der Waals surface area contributed by atoms with Gasteiger partial charge < -0.3 is 9.84 Å². The first-order valence-corrected chi connectivity index (χ1v) is 9.06. The SMILES string of the molecule is Cc1ccc(O[C@H]2C[C@@H]3CN(CC(=O)c4ccc(O)cn4)C[C@@H]3C2)cn1. The molecule has 26 heavy (non-hydrogen) atoms. The molecule has 6 nitrogen and oxygen atoms in total. The number of hydrogen-bond acceptors (Lipinski definition) is 6. The molecular weight excluding hydrogens is 330 g/mol. The Bertz CT molecular complexity index is 762. The third-order valence-electron chi connectivity index (χ3n) is 5.37. The number of pyridine rings is 2. The molecular formula is C20H23N3O3. The molecule has 2 aromatic heterocycles. The Morgan fingerprint density at radius 2 is 1.92 bits per heavy atom. The fraction of sp³-hybridized carbons (Fsp3) is 0.450. The van der Waals surface area contributed by atoms with E-state index in [0.717, 1.165) is 37.4 Å². The molecule has 0 unspecified atom stereocenters. The number of aromatic nitrogens is 2. The molecule has 3 atom stereocenters. The van der Waals surface area contributed by atoms with Gasteiger partial charge in [0.1, 0.15) is 17.2 Å². The first-order chi connectivity index (χ1) is 12.6. The molecule has 1 saturated carbocycles. The van der Waals surface area contributed by atoms with E-state index in [2.05, 4.69) is 14.9 Å². The normalized spacial score (nSPS) is 25.2. The highest BCUT2D eigenvalue weighted by Gasteiger charge is 2.42. The van der Waals surface area contributed by atoms with E-state index in [-0.39, 0.29) is 17.6 Å². The quantitative estimate of drug-likeness (QED) is 0.832. The summed E-state index contributed by atoms with van der Waals surface area (Å²) in [5, 5.41) is 9.28. The molecule has 0 radical (unpaired) electrons. The summed E-state index contributed by atoms with van der Waals surface area (Å²) in [6.07, 6.45) is 5.40. The number of fused-ring (bicyclic) bond motifs is 1. The second-order valence-electron chi connectivity index (χ2n) is 7.39. The van der Waals surface area contributed by atoms with Gasteiger partial charge in [-0.3, -0.25) is 14.7 Å². The number of ketones is 1. The smallest absolute Gasteiger partial charge is 0.195 e. The third-order valence-corrected chi connectivity index (χ3v) is 5.37. The summed E-state index contributed by atoms with van der Waals surface area (Å²) in [7, 11) is 0. The van der Waals surface area contributed by atoms with E-state index in [1.807, 2.05) is 19.1 Å². The van der Waals surface area contributed by atoms with E-state index in [4.69, 9.17) is 4.74 Å². The van der Waals surface area contributed by atoms with E-state index in [0.29, 0.717) is 24.1 Å².